The zero-order valence-electron chi connectivity index (χ0n) is 11.9. The van der Waals surface area contributed by atoms with Crippen molar-refractivity contribution in [3.63, 3.8) is 0 Å². The lowest BCUT2D eigenvalue weighted by molar-refractivity contribution is 0.942. The van der Waals surface area contributed by atoms with Crippen LogP contribution in [0.25, 0.3) is 10.9 Å². The summed E-state index contributed by atoms with van der Waals surface area (Å²) in [5.41, 5.74) is 4.74. The maximum atomic E-state index is 6.21. The Morgan fingerprint density at radius 2 is 1.77 bits per heavy atom. The molecule has 3 heteroatoms. The predicted octanol–water partition coefficient (Wildman–Crippen LogP) is 5.33. The van der Waals surface area contributed by atoms with E-state index in [2.05, 4.69) is 46.5 Å². The Kier molecular flexibility index (Phi) is 3.24. The van der Waals surface area contributed by atoms with Crippen LogP contribution in [-0.4, -0.2) is 9.97 Å². The molecule has 0 aliphatic heterocycles. The van der Waals surface area contributed by atoms with E-state index in [1.807, 2.05) is 36.5 Å². The summed E-state index contributed by atoms with van der Waals surface area (Å²) in [6.45, 7) is 0. The number of nitrogens with one attached hydrogen (secondary N) is 2. The number of rotatable bonds is 3. The van der Waals surface area contributed by atoms with Crippen LogP contribution in [0, 0.1) is 0 Å². The second-order valence-electron chi connectivity index (χ2n) is 5.40. The first-order valence-electron chi connectivity index (χ1n) is 7.28. The van der Waals surface area contributed by atoms with E-state index in [-0.39, 0.29) is 5.92 Å². The van der Waals surface area contributed by atoms with Gasteiger partial charge in [-0.05, 0) is 41.5 Å². The van der Waals surface area contributed by atoms with Gasteiger partial charge in [-0.25, -0.2) is 0 Å². The van der Waals surface area contributed by atoms with Crippen molar-refractivity contribution in [3.05, 3.63) is 94.9 Å². The van der Waals surface area contributed by atoms with Crippen molar-refractivity contribution in [2.75, 3.05) is 0 Å². The van der Waals surface area contributed by atoms with Gasteiger partial charge in [-0.15, -0.1) is 0 Å². The highest BCUT2D eigenvalue weighted by molar-refractivity contribution is 6.30. The fraction of sp³-hybridized carbons (Fsp3) is 0.0526. The Labute approximate surface area is 133 Å². The van der Waals surface area contributed by atoms with Crippen molar-refractivity contribution in [2.24, 2.45) is 0 Å². The zero-order valence-corrected chi connectivity index (χ0v) is 12.6. The van der Waals surface area contributed by atoms with Crippen LogP contribution >= 0.6 is 11.6 Å². The van der Waals surface area contributed by atoms with Crippen LogP contribution in [0.3, 0.4) is 0 Å². The van der Waals surface area contributed by atoms with Gasteiger partial charge in [-0.2, -0.15) is 0 Å². The monoisotopic (exact) mass is 306 g/mol. The first kappa shape index (κ1) is 13.2. The van der Waals surface area contributed by atoms with Crippen molar-refractivity contribution >= 4 is 22.5 Å². The van der Waals surface area contributed by atoms with Crippen molar-refractivity contribution in [3.8, 4) is 0 Å². The van der Waals surface area contributed by atoms with E-state index in [1.54, 1.807) is 0 Å². The number of H-pyrrole nitrogens is 2. The Hall–Kier alpha value is -2.45. The molecule has 22 heavy (non-hydrogen) atoms. The molecule has 2 aromatic carbocycles. The first-order valence-corrected chi connectivity index (χ1v) is 7.65. The van der Waals surface area contributed by atoms with Crippen LogP contribution in [0.15, 0.2) is 73.1 Å². The van der Waals surface area contributed by atoms with Crippen molar-refractivity contribution in [2.45, 2.75) is 5.92 Å². The molecule has 0 spiro atoms. The average molecular weight is 307 g/mol. The second-order valence-corrected chi connectivity index (χ2v) is 5.84. The molecule has 0 saturated heterocycles. The minimum absolute atomic E-state index is 0.129. The predicted molar refractivity (Wildman–Crippen MR) is 91.5 cm³/mol. The Bertz CT molecular complexity index is 906. The van der Waals surface area contributed by atoms with Gasteiger partial charge in [0, 0.05) is 34.0 Å². The number of fused-ring (bicyclic) bond motifs is 1. The third-order valence-corrected chi connectivity index (χ3v) is 4.28. The summed E-state index contributed by atoms with van der Waals surface area (Å²) in [5.74, 6) is 0.129. The zero-order chi connectivity index (χ0) is 14.9. The van der Waals surface area contributed by atoms with E-state index in [4.69, 9.17) is 11.6 Å². The molecule has 4 rings (SSSR count). The molecule has 0 saturated carbocycles. The van der Waals surface area contributed by atoms with Crippen LogP contribution in [0.1, 0.15) is 22.7 Å². The molecular formula is C19H15ClN2. The summed E-state index contributed by atoms with van der Waals surface area (Å²) >= 11 is 6.21. The number of hydrogen-bond acceptors (Lipinski definition) is 0. The lowest BCUT2D eigenvalue weighted by Gasteiger charge is -2.16. The third kappa shape index (κ3) is 2.22. The summed E-state index contributed by atoms with van der Waals surface area (Å²) in [6.07, 6.45) is 4.05. The molecule has 1 unspecified atom stereocenters. The smallest absolute Gasteiger partial charge is 0.0512 e. The first-order chi connectivity index (χ1) is 10.8. The number of halogens is 1. The molecule has 0 fully saturated rings. The minimum atomic E-state index is 0.129. The molecule has 0 aliphatic rings. The van der Waals surface area contributed by atoms with E-state index in [9.17, 15) is 0 Å². The van der Waals surface area contributed by atoms with Crippen molar-refractivity contribution in [1.29, 1.82) is 0 Å². The second kappa shape index (κ2) is 5.39. The molecule has 1 atom stereocenters. The van der Waals surface area contributed by atoms with Crippen molar-refractivity contribution < 1.29 is 0 Å². The molecular weight excluding hydrogens is 292 g/mol. The van der Waals surface area contributed by atoms with Gasteiger partial charge < -0.3 is 9.97 Å². The molecule has 2 N–H and O–H groups in total. The Morgan fingerprint density at radius 3 is 2.59 bits per heavy atom. The summed E-state index contributed by atoms with van der Waals surface area (Å²) < 4.78 is 0. The summed E-state index contributed by atoms with van der Waals surface area (Å²) in [5, 5.41) is 2.00. The fourth-order valence-corrected chi connectivity index (χ4v) is 3.27. The standard InChI is InChI=1S/C19H15ClN2/c20-14-6-3-5-13(11-14)19(18-9-4-10-21-18)16-12-22-17-8-2-1-7-15(16)17/h1-12,19,21-22H. The molecule has 4 aromatic rings. The largest absolute Gasteiger partial charge is 0.364 e. The minimum Gasteiger partial charge on any atom is -0.364 e. The van der Waals surface area contributed by atoms with Gasteiger partial charge in [-0.1, -0.05) is 41.9 Å². The van der Waals surface area contributed by atoms with E-state index in [1.165, 1.54) is 16.5 Å². The third-order valence-electron chi connectivity index (χ3n) is 4.05. The van der Waals surface area contributed by atoms with Crippen LogP contribution in [0.5, 0.6) is 0 Å². The molecule has 2 nitrogen and oxygen atoms in total. The number of benzene rings is 2. The van der Waals surface area contributed by atoms with Gasteiger partial charge in [0.2, 0.25) is 0 Å². The van der Waals surface area contributed by atoms with Gasteiger partial charge in [0.25, 0.3) is 0 Å². The highest BCUT2D eigenvalue weighted by Gasteiger charge is 2.21. The quantitative estimate of drug-likeness (QED) is 0.513. The van der Waals surface area contributed by atoms with Gasteiger partial charge >= 0.3 is 0 Å². The molecule has 0 amide bonds. The normalized spacial score (nSPS) is 12.6. The molecule has 0 radical (unpaired) electrons. The number of hydrogen-bond donors (Lipinski definition) is 2. The van der Waals surface area contributed by atoms with Gasteiger partial charge in [0.15, 0.2) is 0 Å². The topological polar surface area (TPSA) is 31.6 Å². The lowest BCUT2D eigenvalue weighted by atomic mass is 9.88. The summed E-state index contributed by atoms with van der Waals surface area (Å²) in [6, 6.07) is 20.6. The van der Waals surface area contributed by atoms with E-state index in [0.29, 0.717) is 0 Å². The summed E-state index contributed by atoms with van der Waals surface area (Å²) in [4.78, 5) is 6.72. The molecule has 2 aromatic heterocycles. The number of para-hydroxylation sites is 1. The van der Waals surface area contributed by atoms with Gasteiger partial charge in [0.05, 0.1) is 5.92 Å². The summed E-state index contributed by atoms with van der Waals surface area (Å²) in [7, 11) is 0. The van der Waals surface area contributed by atoms with Crippen LogP contribution < -0.4 is 0 Å². The van der Waals surface area contributed by atoms with E-state index >= 15 is 0 Å². The maximum Gasteiger partial charge on any atom is 0.0512 e. The SMILES string of the molecule is Clc1cccc(C(c2ccc[nH]2)c2c[nH]c3ccccc23)c1. The Morgan fingerprint density at radius 1 is 0.864 bits per heavy atom. The fourth-order valence-electron chi connectivity index (χ4n) is 3.07. The highest BCUT2D eigenvalue weighted by Crippen LogP contribution is 2.36. The van der Waals surface area contributed by atoms with Crippen LogP contribution in [0.2, 0.25) is 5.02 Å². The van der Waals surface area contributed by atoms with E-state index in [0.717, 1.165) is 16.2 Å². The van der Waals surface area contributed by atoms with E-state index < -0.39 is 0 Å². The van der Waals surface area contributed by atoms with Gasteiger partial charge in [-0.3, -0.25) is 0 Å². The molecule has 0 bridgehead atoms. The van der Waals surface area contributed by atoms with Crippen LogP contribution in [0.4, 0.5) is 0 Å². The number of aromatic nitrogens is 2. The average Bonchev–Trinajstić information content (AvgIpc) is 3.19. The molecule has 0 aliphatic carbocycles. The lowest BCUT2D eigenvalue weighted by Crippen LogP contribution is -2.03. The van der Waals surface area contributed by atoms with Gasteiger partial charge in [0.1, 0.15) is 0 Å². The maximum absolute atomic E-state index is 6.21. The van der Waals surface area contributed by atoms with Crippen LogP contribution in [-0.2, 0) is 0 Å². The Balaban J connectivity index is 1.95. The molecule has 108 valence electrons. The number of aromatic amines is 2. The van der Waals surface area contributed by atoms with Crippen molar-refractivity contribution in [1.82, 2.24) is 9.97 Å². The highest BCUT2D eigenvalue weighted by atomic mass is 35.5. The molecule has 2 heterocycles.